The second-order valence-corrected chi connectivity index (χ2v) is 9.74. The summed E-state index contributed by atoms with van der Waals surface area (Å²) in [6.45, 7) is 4.39. The highest BCUT2D eigenvalue weighted by molar-refractivity contribution is 7.89. The van der Waals surface area contributed by atoms with Crippen LogP contribution < -0.4 is 15.0 Å². The Labute approximate surface area is 181 Å². The molecule has 0 saturated carbocycles. The number of benzene rings is 2. The number of hydrogen-bond donors (Lipinski definition) is 1. The zero-order valence-corrected chi connectivity index (χ0v) is 18.4. The molecule has 2 amide bonds. The number of ether oxygens (including phenoxy) is 1. The van der Waals surface area contributed by atoms with Gasteiger partial charge in [0.2, 0.25) is 15.9 Å². The summed E-state index contributed by atoms with van der Waals surface area (Å²) in [4.78, 5) is 26.6. The minimum atomic E-state index is -3.66. The zero-order valence-electron chi connectivity index (χ0n) is 17.6. The van der Waals surface area contributed by atoms with E-state index in [2.05, 4.69) is 5.32 Å². The molecule has 4 rings (SSSR count). The average molecular weight is 444 g/mol. The number of hydrogen-bond acceptors (Lipinski definition) is 5. The number of carbonyl (C=O) groups is 2. The Bertz CT molecular complexity index is 1140. The molecule has 2 aromatic carbocycles. The van der Waals surface area contributed by atoms with Crippen LogP contribution in [-0.4, -0.2) is 50.8 Å². The van der Waals surface area contributed by atoms with Crippen LogP contribution in [0, 0.1) is 13.8 Å². The Hall–Kier alpha value is -2.91. The highest BCUT2D eigenvalue weighted by atomic mass is 32.2. The van der Waals surface area contributed by atoms with Crippen LogP contribution in [0.3, 0.4) is 0 Å². The second-order valence-electron chi connectivity index (χ2n) is 7.80. The van der Waals surface area contributed by atoms with Crippen molar-refractivity contribution in [2.75, 3.05) is 36.5 Å². The molecule has 8 nitrogen and oxygen atoms in total. The zero-order chi connectivity index (χ0) is 22.2. The van der Waals surface area contributed by atoms with Crippen LogP contribution in [0.5, 0.6) is 5.75 Å². The summed E-state index contributed by atoms with van der Waals surface area (Å²) in [7, 11) is -3.66. The van der Waals surface area contributed by atoms with Crippen LogP contribution in [0.15, 0.2) is 41.3 Å². The molecule has 1 fully saturated rings. The van der Waals surface area contributed by atoms with Crippen molar-refractivity contribution in [1.82, 2.24) is 4.31 Å². The Balaban J connectivity index is 1.60. The molecular formula is C22H25N3O5S. The molecule has 0 bridgehead atoms. The lowest BCUT2D eigenvalue weighted by atomic mass is 10.1. The monoisotopic (exact) mass is 443 g/mol. The molecule has 1 N–H and O–H groups in total. The summed E-state index contributed by atoms with van der Waals surface area (Å²) in [5.41, 5.74) is 2.95. The van der Waals surface area contributed by atoms with Crippen LogP contribution in [0.25, 0.3) is 0 Å². The predicted octanol–water partition coefficient (Wildman–Crippen LogP) is 2.45. The van der Waals surface area contributed by atoms with E-state index in [9.17, 15) is 18.0 Å². The van der Waals surface area contributed by atoms with Gasteiger partial charge in [-0.05, 0) is 62.1 Å². The number of aryl methyl sites for hydroxylation is 1. The Morgan fingerprint density at radius 3 is 2.61 bits per heavy atom. The molecule has 1 saturated heterocycles. The third-order valence-electron chi connectivity index (χ3n) is 5.76. The van der Waals surface area contributed by atoms with Crippen molar-refractivity contribution >= 4 is 33.2 Å². The van der Waals surface area contributed by atoms with Crippen LogP contribution in [0.2, 0.25) is 0 Å². The first-order valence-corrected chi connectivity index (χ1v) is 11.6. The van der Waals surface area contributed by atoms with Gasteiger partial charge in [-0.2, -0.15) is 4.31 Å². The number of amides is 2. The molecule has 0 aliphatic carbocycles. The lowest BCUT2D eigenvalue weighted by molar-refractivity contribution is -0.123. The van der Waals surface area contributed by atoms with Crippen molar-refractivity contribution in [2.45, 2.75) is 31.6 Å². The van der Waals surface area contributed by atoms with E-state index in [1.54, 1.807) is 12.1 Å². The highest BCUT2D eigenvalue weighted by Gasteiger charge is 2.32. The Kier molecular flexibility index (Phi) is 5.72. The van der Waals surface area contributed by atoms with Crippen molar-refractivity contribution < 1.29 is 22.7 Å². The fourth-order valence-corrected chi connectivity index (χ4v) is 5.35. The third-order valence-corrected chi connectivity index (χ3v) is 7.65. The molecule has 0 radical (unpaired) electrons. The maximum Gasteiger partial charge on any atom is 0.265 e. The van der Waals surface area contributed by atoms with Gasteiger partial charge in [0.05, 0.1) is 10.6 Å². The van der Waals surface area contributed by atoms with Crippen molar-refractivity contribution in [2.24, 2.45) is 0 Å². The minimum Gasteiger partial charge on any atom is -0.482 e. The van der Waals surface area contributed by atoms with E-state index in [-0.39, 0.29) is 29.6 Å². The second kappa shape index (κ2) is 8.32. The molecule has 9 heteroatoms. The van der Waals surface area contributed by atoms with Gasteiger partial charge in [0.25, 0.3) is 5.91 Å². The van der Waals surface area contributed by atoms with E-state index in [4.69, 9.17) is 4.74 Å². The summed E-state index contributed by atoms with van der Waals surface area (Å²) in [5, 5.41) is 2.84. The first-order chi connectivity index (χ1) is 14.8. The van der Waals surface area contributed by atoms with E-state index in [1.807, 2.05) is 26.0 Å². The quantitative estimate of drug-likeness (QED) is 0.766. The van der Waals surface area contributed by atoms with E-state index < -0.39 is 15.9 Å². The van der Waals surface area contributed by atoms with Crippen molar-refractivity contribution in [3.63, 3.8) is 0 Å². The number of nitrogens with one attached hydrogen (secondary N) is 1. The molecule has 164 valence electrons. The van der Waals surface area contributed by atoms with Gasteiger partial charge in [0.15, 0.2) is 6.61 Å². The smallest absolute Gasteiger partial charge is 0.265 e. The first-order valence-electron chi connectivity index (χ1n) is 10.2. The Morgan fingerprint density at radius 1 is 1.13 bits per heavy atom. The fourth-order valence-electron chi connectivity index (χ4n) is 3.81. The summed E-state index contributed by atoms with van der Waals surface area (Å²) in [5.74, 6) is -0.401. The SMILES string of the molecule is Cc1cccc(NC(=O)CN2C(=O)COc3ccc(S(=O)(=O)N4CCCC4)cc32)c1C. The molecule has 2 aliphatic heterocycles. The summed E-state index contributed by atoms with van der Waals surface area (Å²) in [6, 6.07) is 10.1. The van der Waals surface area contributed by atoms with Crippen molar-refractivity contribution in [3.8, 4) is 5.75 Å². The lowest BCUT2D eigenvalue weighted by Gasteiger charge is -2.29. The van der Waals surface area contributed by atoms with E-state index in [0.717, 1.165) is 24.0 Å². The summed E-state index contributed by atoms with van der Waals surface area (Å²) >= 11 is 0. The molecule has 0 atom stereocenters. The van der Waals surface area contributed by atoms with Gasteiger partial charge in [0.1, 0.15) is 12.3 Å². The molecule has 2 aromatic rings. The van der Waals surface area contributed by atoms with Gasteiger partial charge in [-0.1, -0.05) is 12.1 Å². The highest BCUT2D eigenvalue weighted by Crippen LogP contribution is 2.35. The molecule has 31 heavy (non-hydrogen) atoms. The maximum atomic E-state index is 12.9. The number of fused-ring (bicyclic) bond motifs is 1. The van der Waals surface area contributed by atoms with Crippen LogP contribution >= 0.6 is 0 Å². The number of carbonyl (C=O) groups excluding carboxylic acids is 2. The largest absolute Gasteiger partial charge is 0.482 e. The van der Waals surface area contributed by atoms with Gasteiger partial charge in [-0.15, -0.1) is 0 Å². The first kappa shape index (κ1) is 21.3. The number of nitrogens with zero attached hydrogens (tertiary/aromatic N) is 2. The van der Waals surface area contributed by atoms with Crippen molar-refractivity contribution in [3.05, 3.63) is 47.5 Å². The van der Waals surface area contributed by atoms with Gasteiger partial charge < -0.3 is 10.1 Å². The van der Waals surface area contributed by atoms with Crippen molar-refractivity contribution in [1.29, 1.82) is 0 Å². The molecule has 0 aromatic heterocycles. The van der Waals surface area contributed by atoms with Gasteiger partial charge in [-0.3, -0.25) is 14.5 Å². The molecule has 0 unspecified atom stereocenters. The lowest BCUT2D eigenvalue weighted by Crippen LogP contribution is -2.43. The van der Waals surface area contributed by atoms with Crippen LogP contribution in [0.4, 0.5) is 11.4 Å². The van der Waals surface area contributed by atoms with Gasteiger partial charge in [0, 0.05) is 18.8 Å². The standard InChI is InChI=1S/C22H25N3O5S/c1-15-6-5-7-18(16(15)2)23-21(26)13-25-19-12-17(8-9-20(19)30-14-22(25)27)31(28,29)24-10-3-4-11-24/h5-9,12H,3-4,10-11,13-14H2,1-2H3,(H,23,26). The molecule has 2 aliphatic rings. The van der Waals surface area contributed by atoms with E-state index in [0.29, 0.717) is 24.5 Å². The van der Waals surface area contributed by atoms with E-state index >= 15 is 0 Å². The molecule has 0 spiro atoms. The van der Waals surface area contributed by atoms with Crippen LogP contribution in [0.1, 0.15) is 24.0 Å². The molecular weight excluding hydrogens is 418 g/mol. The van der Waals surface area contributed by atoms with E-state index in [1.165, 1.54) is 21.3 Å². The van der Waals surface area contributed by atoms with Gasteiger partial charge in [-0.25, -0.2) is 8.42 Å². The minimum absolute atomic E-state index is 0.0892. The van der Waals surface area contributed by atoms with Gasteiger partial charge >= 0.3 is 0 Å². The molecule has 2 heterocycles. The summed E-state index contributed by atoms with van der Waals surface area (Å²) in [6.07, 6.45) is 1.66. The number of rotatable bonds is 5. The normalized spacial score (nSPS) is 16.7. The number of sulfonamides is 1. The predicted molar refractivity (Wildman–Crippen MR) is 117 cm³/mol. The van der Waals surface area contributed by atoms with Crippen LogP contribution in [-0.2, 0) is 19.6 Å². The third kappa shape index (κ3) is 4.15. The number of anilines is 2. The summed E-state index contributed by atoms with van der Waals surface area (Å²) < 4.78 is 32.8. The Morgan fingerprint density at radius 2 is 1.87 bits per heavy atom. The fraction of sp³-hybridized carbons (Fsp3) is 0.364. The maximum absolute atomic E-state index is 12.9. The topological polar surface area (TPSA) is 96.0 Å². The average Bonchev–Trinajstić information content (AvgIpc) is 3.29.